The second-order valence-electron chi connectivity index (χ2n) is 2.90. The van der Waals surface area contributed by atoms with E-state index in [1.807, 2.05) is 19.1 Å². The lowest BCUT2D eigenvalue weighted by molar-refractivity contribution is -0.139. The van der Waals surface area contributed by atoms with Gasteiger partial charge in [0.15, 0.2) is 0 Å². The highest BCUT2D eigenvalue weighted by molar-refractivity contribution is 14.1. The maximum atomic E-state index is 11.1. The molecule has 0 aliphatic heterocycles. The lowest BCUT2D eigenvalue weighted by atomic mass is 10.1. The molecule has 0 saturated heterocycles. The van der Waals surface area contributed by atoms with E-state index in [0.717, 1.165) is 19.2 Å². The third-order valence-electron chi connectivity index (χ3n) is 2.01. The SMILES string of the molecule is COC(=O)Cc1ccc(I)c(Br)c1C. The summed E-state index contributed by atoms with van der Waals surface area (Å²) in [4.78, 5) is 11.1. The van der Waals surface area contributed by atoms with Crippen molar-refractivity contribution in [1.82, 2.24) is 0 Å². The van der Waals surface area contributed by atoms with E-state index in [0.29, 0.717) is 6.42 Å². The van der Waals surface area contributed by atoms with Crippen molar-refractivity contribution in [2.24, 2.45) is 0 Å². The molecule has 0 heterocycles. The molecule has 0 fully saturated rings. The molecule has 0 spiro atoms. The van der Waals surface area contributed by atoms with Gasteiger partial charge in [-0.15, -0.1) is 0 Å². The van der Waals surface area contributed by atoms with E-state index < -0.39 is 0 Å². The molecule has 0 aliphatic rings. The van der Waals surface area contributed by atoms with Crippen molar-refractivity contribution in [1.29, 1.82) is 0 Å². The van der Waals surface area contributed by atoms with Crippen molar-refractivity contribution in [3.8, 4) is 0 Å². The zero-order valence-electron chi connectivity index (χ0n) is 7.93. The molecule has 0 aliphatic carbocycles. The first-order valence-electron chi connectivity index (χ1n) is 4.06. The molecule has 0 N–H and O–H groups in total. The van der Waals surface area contributed by atoms with Gasteiger partial charge in [0.25, 0.3) is 0 Å². The molecular weight excluding hydrogens is 359 g/mol. The Morgan fingerprint density at radius 2 is 2.21 bits per heavy atom. The van der Waals surface area contributed by atoms with Crippen molar-refractivity contribution in [2.45, 2.75) is 13.3 Å². The van der Waals surface area contributed by atoms with E-state index in [2.05, 4.69) is 43.3 Å². The van der Waals surface area contributed by atoms with Crippen molar-refractivity contribution >= 4 is 44.5 Å². The largest absolute Gasteiger partial charge is 0.469 e. The van der Waals surface area contributed by atoms with Gasteiger partial charge < -0.3 is 4.74 Å². The lowest BCUT2D eigenvalue weighted by Crippen LogP contribution is -2.06. The highest BCUT2D eigenvalue weighted by Crippen LogP contribution is 2.26. The fourth-order valence-corrected chi connectivity index (χ4v) is 2.08. The summed E-state index contributed by atoms with van der Waals surface area (Å²) in [7, 11) is 1.40. The number of carbonyl (C=O) groups is 1. The van der Waals surface area contributed by atoms with Crippen LogP contribution < -0.4 is 0 Å². The van der Waals surface area contributed by atoms with E-state index in [9.17, 15) is 4.79 Å². The maximum Gasteiger partial charge on any atom is 0.309 e. The van der Waals surface area contributed by atoms with Gasteiger partial charge in [-0.25, -0.2) is 0 Å². The second kappa shape index (κ2) is 5.11. The van der Waals surface area contributed by atoms with Gasteiger partial charge in [0.1, 0.15) is 0 Å². The number of methoxy groups -OCH3 is 1. The van der Waals surface area contributed by atoms with Gasteiger partial charge in [-0.1, -0.05) is 6.07 Å². The Balaban J connectivity index is 3.00. The predicted molar refractivity (Wildman–Crippen MR) is 67.3 cm³/mol. The minimum atomic E-state index is -0.207. The maximum absolute atomic E-state index is 11.1. The van der Waals surface area contributed by atoms with Crippen LogP contribution in [0.5, 0.6) is 0 Å². The average molecular weight is 369 g/mol. The summed E-state index contributed by atoms with van der Waals surface area (Å²) < 4.78 is 6.83. The van der Waals surface area contributed by atoms with Gasteiger partial charge in [0.2, 0.25) is 0 Å². The first-order valence-corrected chi connectivity index (χ1v) is 5.93. The highest BCUT2D eigenvalue weighted by atomic mass is 127. The monoisotopic (exact) mass is 368 g/mol. The number of hydrogen-bond donors (Lipinski definition) is 0. The third-order valence-corrected chi connectivity index (χ3v) is 4.68. The van der Waals surface area contributed by atoms with Crippen LogP contribution in [0, 0.1) is 10.5 Å². The predicted octanol–water partition coefficient (Wildman–Crippen LogP) is 3.08. The summed E-state index contributed by atoms with van der Waals surface area (Å²) in [6.45, 7) is 1.99. The molecule has 0 bridgehead atoms. The van der Waals surface area contributed by atoms with E-state index >= 15 is 0 Å². The molecule has 14 heavy (non-hydrogen) atoms. The van der Waals surface area contributed by atoms with Gasteiger partial charge >= 0.3 is 5.97 Å². The Bertz CT molecular complexity index is 363. The Hall–Kier alpha value is -0.100. The van der Waals surface area contributed by atoms with Crippen LogP contribution in [0.15, 0.2) is 16.6 Å². The minimum Gasteiger partial charge on any atom is -0.469 e. The summed E-state index contributed by atoms with van der Waals surface area (Å²) in [5.74, 6) is -0.207. The molecular formula is C10H10BrIO2. The minimum absolute atomic E-state index is 0.207. The van der Waals surface area contributed by atoms with Crippen LogP contribution in [0.1, 0.15) is 11.1 Å². The average Bonchev–Trinajstić information content (AvgIpc) is 2.19. The molecule has 0 radical (unpaired) electrons. The Labute approximate surface area is 105 Å². The quantitative estimate of drug-likeness (QED) is 0.592. The van der Waals surface area contributed by atoms with Crippen LogP contribution in [0.2, 0.25) is 0 Å². The number of rotatable bonds is 2. The molecule has 0 unspecified atom stereocenters. The van der Waals surface area contributed by atoms with Crippen LogP contribution in [0.25, 0.3) is 0 Å². The first-order chi connectivity index (χ1) is 6.56. The van der Waals surface area contributed by atoms with Crippen molar-refractivity contribution in [3.05, 3.63) is 31.3 Å². The van der Waals surface area contributed by atoms with E-state index in [1.54, 1.807) is 0 Å². The highest BCUT2D eigenvalue weighted by Gasteiger charge is 2.09. The van der Waals surface area contributed by atoms with Crippen molar-refractivity contribution in [2.75, 3.05) is 7.11 Å². The van der Waals surface area contributed by atoms with Gasteiger partial charge in [-0.3, -0.25) is 4.79 Å². The smallest absolute Gasteiger partial charge is 0.309 e. The van der Waals surface area contributed by atoms with Crippen LogP contribution in [-0.2, 0) is 16.0 Å². The molecule has 0 saturated carbocycles. The molecule has 0 aromatic heterocycles. The molecule has 1 aromatic carbocycles. The number of ether oxygens (including phenoxy) is 1. The Morgan fingerprint density at radius 1 is 1.57 bits per heavy atom. The van der Waals surface area contributed by atoms with Gasteiger partial charge in [0.05, 0.1) is 13.5 Å². The fourth-order valence-electron chi connectivity index (χ4n) is 1.11. The molecule has 0 amide bonds. The second-order valence-corrected chi connectivity index (χ2v) is 4.85. The zero-order valence-corrected chi connectivity index (χ0v) is 11.7. The van der Waals surface area contributed by atoms with Crippen LogP contribution in [-0.4, -0.2) is 13.1 Å². The molecule has 76 valence electrons. The lowest BCUT2D eigenvalue weighted by Gasteiger charge is -2.07. The molecule has 4 heteroatoms. The molecule has 0 atom stereocenters. The molecule has 1 rings (SSSR count). The van der Waals surface area contributed by atoms with Crippen LogP contribution >= 0.6 is 38.5 Å². The third kappa shape index (κ3) is 2.70. The summed E-state index contributed by atoms with van der Waals surface area (Å²) in [6.07, 6.45) is 0.331. The summed E-state index contributed by atoms with van der Waals surface area (Å²) >= 11 is 5.73. The Kier molecular flexibility index (Phi) is 4.37. The number of hydrogen-bond acceptors (Lipinski definition) is 2. The number of halogens is 2. The molecule has 2 nitrogen and oxygen atoms in total. The van der Waals surface area contributed by atoms with Crippen molar-refractivity contribution in [3.63, 3.8) is 0 Å². The summed E-state index contributed by atoms with van der Waals surface area (Å²) in [5.41, 5.74) is 2.10. The number of carbonyl (C=O) groups excluding carboxylic acids is 1. The topological polar surface area (TPSA) is 26.3 Å². The van der Waals surface area contributed by atoms with Crippen molar-refractivity contribution < 1.29 is 9.53 Å². The Morgan fingerprint density at radius 3 is 2.79 bits per heavy atom. The van der Waals surface area contributed by atoms with E-state index in [-0.39, 0.29) is 5.97 Å². The normalized spacial score (nSPS) is 10.0. The number of benzene rings is 1. The number of esters is 1. The standard InChI is InChI=1S/C10H10BrIO2/c1-6-7(5-9(13)14-2)3-4-8(12)10(6)11/h3-4H,5H2,1-2H3. The zero-order chi connectivity index (χ0) is 10.7. The summed E-state index contributed by atoms with van der Waals surface area (Å²) in [5, 5.41) is 0. The summed E-state index contributed by atoms with van der Waals surface area (Å²) in [6, 6.07) is 3.94. The van der Waals surface area contributed by atoms with E-state index in [1.165, 1.54) is 7.11 Å². The molecule has 1 aromatic rings. The first kappa shape index (κ1) is 12.0. The van der Waals surface area contributed by atoms with Gasteiger partial charge in [-0.2, -0.15) is 0 Å². The van der Waals surface area contributed by atoms with Crippen LogP contribution in [0.4, 0.5) is 0 Å². The van der Waals surface area contributed by atoms with Crippen LogP contribution in [0.3, 0.4) is 0 Å². The van der Waals surface area contributed by atoms with Gasteiger partial charge in [-0.05, 0) is 62.6 Å². The fraction of sp³-hybridized carbons (Fsp3) is 0.300. The van der Waals surface area contributed by atoms with Gasteiger partial charge in [0, 0.05) is 8.04 Å². The van der Waals surface area contributed by atoms with E-state index in [4.69, 9.17) is 0 Å².